The average molecular weight is 259 g/mol. The molecule has 98 valence electrons. The van der Waals surface area contributed by atoms with E-state index in [-0.39, 0.29) is 5.69 Å². The molecule has 19 heavy (non-hydrogen) atoms. The molecular formula is C13H13N3O3. The minimum absolute atomic E-state index is 0.134. The third-order valence-electron chi connectivity index (χ3n) is 2.93. The summed E-state index contributed by atoms with van der Waals surface area (Å²) in [7, 11) is 1.43. The van der Waals surface area contributed by atoms with Gasteiger partial charge in [-0.25, -0.2) is 9.78 Å². The lowest BCUT2D eigenvalue weighted by Gasteiger charge is -2.20. The van der Waals surface area contributed by atoms with Crippen LogP contribution in [0.25, 0.3) is 11.0 Å². The van der Waals surface area contributed by atoms with Crippen LogP contribution in [0.2, 0.25) is 0 Å². The van der Waals surface area contributed by atoms with Gasteiger partial charge in [0.25, 0.3) is 5.91 Å². The first-order chi connectivity index (χ1) is 9.00. The SMILES string of the molecule is CC(C(=O)O)N(C)C(=O)c1cnc2ccccc2n1. The maximum Gasteiger partial charge on any atom is 0.326 e. The Hall–Kier alpha value is -2.50. The Morgan fingerprint density at radius 2 is 1.89 bits per heavy atom. The normalized spacial score (nSPS) is 12.1. The smallest absolute Gasteiger partial charge is 0.326 e. The van der Waals surface area contributed by atoms with Gasteiger partial charge < -0.3 is 10.0 Å². The van der Waals surface area contributed by atoms with E-state index in [0.717, 1.165) is 4.90 Å². The van der Waals surface area contributed by atoms with E-state index in [0.29, 0.717) is 11.0 Å². The fraction of sp³-hybridized carbons (Fsp3) is 0.231. The highest BCUT2D eigenvalue weighted by molar-refractivity contribution is 5.95. The monoisotopic (exact) mass is 259 g/mol. The predicted octanol–water partition coefficient (Wildman–Crippen LogP) is 1.17. The van der Waals surface area contributed by atoms with Crippen LogP contribution in [0.3, 0.4) is 0 Å². The second-order valence-corrected chi connectivity index (χ2v) is 4.17. The molecular weight excluding hydrogens is 246 g/mol. The lowest BCUT2D eigenvalue weighted by atomic mass is 10.2. The summed E-state index contributed by atoms with van der Waals surface area (Å²) in [6, 6.07) is 6.26. The summed E-state index contributed by atoms with van der Waals surface area (Å²) >= 11 is 0. The minimum Gasteiger partial charge on any atom is -0.480 e. The summed E-state index contributed by atoms with van der Waals surface area (Å²) in [5.41, 5.74) is 1.42. The maximum atomic E-state index is 12.1. The number of aromatic nitrogens is 2. The molecule has 0 spiro atoms. The molecule has 1 heterocycles. The Labute approximate surface area is 109 Å². The molecule has 0 radical (unpaired) electrons. The molecule has 0 aliphatic rings. The Kier molecular flexibility index (Phi) is 3.41. The Bertz CT molecular complexity index is 642. The van der Waals surface area contributed by atoms with Gasteiger partial charge in [0, 0.05) is 7.05 Å². The molecule has 0 aliphatic carbocycles. The molecule has 1 aromatic carbocycles. The number of rotatable bonds is 3. The number of hydrogen-bond donors (Lipinski definition) is 1. The average Bonchev–Trinajstić information content (AvgIpc) is 2.44. The molecule has 0 bridgehead atoms. The summed E-state index contributed by atoms with van der Waals surface area (Å²) in [5, 5.41) is 8.89. The lowest BCUT2D eigenvalue weighted by Crippen LogP contribution is -2.40. The van der Waals surface area contributed by atoms with Crippen LogP contribution in [0, 0.1) is 0 Å². The highest BCUT2D eigenvalue weighted by Crippen LogP contribution is 2.10. The van der Waals surface area contributed by atoms with Crippen molar-refractivity contribution in [2.45, 2.75) is 13.0 Å². The van der Waals surface area contributed by atoms with E-state index < -0.39 is 17.9 Å². The number of likely N-dealkylation sites (N-methyl/N-ethyl adjacent to an activating group) is 1. The highest BCUT2D eigenvalue weighted by atomic mass is 16.4. The van der Waals surface area contributed by atoms with E-state index >= 15 is 0 Å². The number of carbonyl (C=O) groups is 2. The van der Waals surface area contributed by atoms with Gasteiger partial charge in [-0.3, -0.25) is 9.78 Å². The molecule has 0 saturated carbocycles. The van der Waals surface area contributed by atoms with Gasteiger partial charge in [-0.05, 0) is 19.1 Å². The van der Waals surface area contributed by atoms with E-state index in [4.69, 9.17) is 5.11 Å². The zero-order valence-electron chi connectivity index (χ0n) is 10.6. The van der Waals surface area contributed by atoms with Gasteiger partial charge in [0.2, 0.25) is 0 Å². The van der Waals surface area contributed by atoms with Gasteiger partial charge in [-0.2, -0.15) is 0 Å². The van der Waals surface area contributed by atoms with Crippen LogP contribution in [-0.2, 0) is 4.79 Å². The fourth-order valence-corrected chi connectivity index (χ4v) is 1.58. The molecule has 1 N–H and O–H groups in total. The van der Waals surface area contributed by atoms with Crippen molar-refractivity contribution in [3.63, 3.8) is 0 Å². The van der Waals surface area contributed by atoms with Crippen molar-refractivity contribution in [1.82, 2.24) is 14.9 Å². The Morgan fingerprint density at radius 3 is 2.53 bits per heavy atom. The standard InChI is InChI=1S/C13H13N3O3/c1-8(13(18)19)16(2)12(17)11-7-14-9-5-3-4-6-10(9)15-11/h3-8H,1-2H3,(H,18,19). The lowest BCUT2D eigenvalue weighted by molar-refractivity contribution is -0.141. The van der Waals surface area contributed by atoms with Crippen molar-refractivity contribution in [1.29, 1.82) is 0 Å². The molecule has 0 saturated heterocycles. The molecule has 1 atom stereocenters. The van der Waals surface area contributed by atoms with E-state index in [9.17, 15) is 9.59 Å². The largest absolute Gasteiger partial charge is 0.480 e. The summed E-state index contributed by atoms with van der Waals surface area (Å²) in [6.45, 7) is 1.44. The van der Waals surface area contributed by atoms with Crippen molar-refractivity contribution in [3.05, 3.63) is 36.2 Å². The second-order valence-electron chi connectivity index (χ2n) is 4.17. The third-order valence-corrected chi connectivity index (χ3v) is 2.93. The van der Waals surface area contributed by atoms with E-state index in [1.54, 1.807) is 18.2 Å². The van der Waals surface area contributed by atoms with Crippen molar-refractivity contribution in [3.8, 4) is 0 Å². The quantitative estimate of drug-likeness (QED) is 0.894. The fourth-order valence-electron chi connectivity index (χ4n) is 1.58. The summed E-state index contributed by atoms with van der Waals surface area (Å²) in [4.78, 5) is 32.4. The Morgan fingerprint density at radius 1 is 1.26 bits per heavy atom. The summed E-state index contributed by atoms with van der Waals surface area (Å²) in [5.74, 6) is -1.53. The molecule has 1 amide bonds. The molecule has 0 aliphatic heterocycles. The Balaban J connectivity index is 2.33. The third kappa shape index (κ3) is 2.52. The van der Waals surface area contributed by atoms with E-state index in [1.165, 1.54) is 20.2 Å². The number of aliphatic carboxylic acids is 1. The first-order valence-electron chi connectivity index (χ1n) is 5.72. The van der Waals surface area contributed by atoms with Gasteiger partial charge in [-0.15, -0.1) is 0 Å². The first-order valence-corrected chi connectivity index (χ1v) is 5.72. The topological polar surface area (TPSA) is 83.4 Å². The van der Waals surface area contributed by atoms with Crippen LogP contribution in [-0.4, -0.2) is 44.9 Å². The van der Waals surface area contributed by atoms with Crippen molar-refractivity contribution >= 4 is 22.9 Å². The molecule has 2 rings (SSSR count). The number of carbonyl (C=O) groups excluding carboxylic acids is 1. The van der Waals surface area contributed by atoms with Crippen LogP contribution in [0.4, 0.5) is 0 Å². The number of nitrogens with zero attached hydrogens (tertiary/aromatic N) is 3. The van der Waals surface area contributed by atoms with Crippen molar-refractivity contribution < 1.29 is 14.7 Å². The van der Waals surface area contributed by atoms with Crippen molar-refractivity contribution in [2.24, 2.45) is 0 Å². The van der Waals surface area contributed by atoms with Crippen LogP contribution < -0.4 is 0 Å². The van der Waals surface area contributed by atoms with Gasteiger partial charge in [-0.1, -0.05) is 12.1 Å². The number of amides is 1. The summed E-state index contributed by atoms with van der Waals surface area (Å²) in [6.07, 6.45) is 1.36. The second kappa shape index (κ2) is 5.01. The van der Waals surface area contributed by atoms with Crippen LogP contribution in [0.5, 0.6) is 0 Å². The van der Waals surface area contributed by atoms with Crippen LogP contribution in [0.1, 0.15) is 17.4 Å². The number of carboxylic acids is 1. The molecule has 2 aromatic rings. The van der Waals surface area contributed by atoms with Gasteiger partial charge in [0.15, 0.2) is 0 Å². The molecule has 0 fully saturated rings. The van der Waals surface area contributed by atoms with E-state index in [1.807, 2.05) is 6.07 Å². The number of carboxylic acid groups (broad SMARTS) is 1. The maximum absolute atomic E-state index is 12.1. The van der Waals surface area contributed by atoms with Crippen LogP contribution in [0.15, 0.2) is 30.5 Å². The number of hydrogen-bond acceptors (Lipinski definition) is 4. The van der Waals surface area contributed by atoms with Crippen LogP contribution >= 0.6 is 0 Å². The van der Waals surface area contributed by atoms with Crippen molar-refractivity contribution in [2.75, 3.05) is 7.05 Å². The molecule has 6 nitrogen and oxygen atoms in total. The zero-order valence-corrected chi connectivity index (χ0v) is 10.6. The highest BCUT2D eigenvalue weighted by Gasteiger charge is 2.23. The zero-order chi connectivity index (χ0) is 14.0. The minimum atomic E-state index is -1.07. The van der Waals surface area contributed by atoms with Gasteiger partial charge in [0.05, 0.1) is 17.2 Å². The van der Waals surface area contributed by atoms with E-state index in [2.05, 4.69) is 9.97 Å². The number of benzene rings is 1. The molecule has 1 unspecified atom stereocenters. The predicted molar refractivity (Wildman–Crippen MR) is 68.7 cm³/mol. The summed E-state index contributed by atoms with van der Waals surface area (Å²) < 4.78 is 0. The number of para-hydroxylation sites is 2. The van der Waals surface area contributed by atoms with Gasteiger partial charge in [0.1, 0.15) is 11.7 Å². The van der Waals surface area contributed by atoms with Gasteiger partial charge >= 0.3 is 5.97 Å². The first kappa shape index (κ1) is 12.9. The molecule has 6 heteroatoms. The number of fused-ring (bicyclic) bond motifs is 1. The molecule has 1 aromatic heterocycles.